The van der Waals surface area contributed by atoms with Crippen molar-refractivity contribution in [3.63, 3.8) is 0 Å². The van der Waals surface area contributed by atoms with Gasteiger partial charge in [0.1, 0.15) is 0 Å². The smallest absolute Gasteiger partial charge is 0.872 e. The van der Waals surface area contributed by atoms with E-state index in [2.05, 4.69) is 0 Å². The number of benzene rings is 1. The fraction of sp³-hybridized carbons (Fsp3) is 0.333. The average molecular weight is 206 g/mol. The first kappa shape index (κ1) is 13.0. The van der Waals surface area contributed by atoms with Gasteiger partial charge in [0, 0.05) is 0 Å². The summed E-state index contributed by atoms with van der Waals surface area (Å²) >= 11 is 1.51. The zero-order valence-electron chi connectivity index (χ0n) is 7.76. The van der Waals surface area contributed by atoms with Crippen LogP contribution in [-0.2, 0) is 6.42 Å². The molecule has 0 fully saturated rings. The van der Waals surface area contributed by atoms with Crippen molar-refractivity contribution in [2.75, 3.05) is 6.26 Å². The molecule has 0 N–H and O–H groups in total. The van der Waals surface area contributed by atoms with Crippen molar-refractivity contribution in [2.45, 2.75) is 18.2 Å². The third-order valence-electron chi connectivity index (χ3n) is 1.66. The predicted molar refractivity (Wildman–Crippen MR) is 47.0 cm³/mol. The average Bonchev–Trinajstić information content (AvgIpc) is 2.05. The van der Waals surface area contributed by atoms with E-state index in [1.807, 2.05) is 31.4 Å². The molecule has 0 amide bonds. The molecule has 1 nitrogen and oxygen atoms in total. The molecule has 1 aromatic rings. The van der Waals surface area contributed by atoms with Crippen LogP contribution in [0.2, 0.25) is 0 Å². The Morgan fingerprint density at radius 1 is 1.42 bits per heavy atom. The molecule has 0 saturated carbocycles. The van der Waals surface area contributed by atoms with Gasteiger partial charge in [0.15, 0.2) is 0 Å². The summed E-state index contributed by atoms with van der Waals surface area (Å²) in [5.74, 6) is 0.197. The van der Waals surface area contributed by atoms with E-state index in [0.29, 0.717) is 0 Å². The van der Waals surface area contributed by atoms with Crippen molar-refractivity contribution >= 4 is 11.8 Å². The Bertz CT molecular complexity index is 228. The number of para-hydroxylation sites is 1. The summed E-state index contributed by atoms with van der Waals surface area (Å²) in [6.07, 6.45) is 2.75. The maximum Gasteiger partial charge on any atom is 1.00 e. The normalized spacial score (nSPS) is 9.17. The van der Waals surface area contributed by atoms with Gasteiger partial charge >= 0.3 is 51.4 Å². The molecule has 12 heavy (non-hydrogen) atoms. The Kier molecular flexibility index (Phi) is 7.00. The van der Waals surface area contributed by atoms with Gasteiger partial charge in [-0.2, -0.15) is 0 Å². The molecular formula is C9H11KOS. The Labute approximate surface area is 120 Å². The minimum Gasteiger partial charge on any atom is -0.872 e. The molecule has 0 aliphatic carbocycles. The van der Waals surface area contributed by atoms with Crippen LogP contribution in [-0.4, -0.2) is 6.26 Å². The summed E-state index contributed by atoms with van der Waals surface area (Å²) in [6, 6.07) is 5.69. The number of thioether (sulfide) groups is 1. The van der Waals surface area contributed by atoms with Gasteiger partial charge in [-0.3, -0.25) is 0 Å². The maximum absolute atomic E-state index is 11.4. The number of hydrogen-bond donors (Lipinski definition) is 0. The first-order valence-electron chi connectivity index (χ1n) is 3.62. The van der Waals surface area contributed by atoms with Gasteiger partial charge < -0.3 is 5.11 Å². The molecular weight excluding hydrogens is 195 g/mol. The molecule has 0 radical (unpaired) electrons. The monoisotopic (exact) mass is 206 g/mol. The van der Waals surface area contributed by atoms with Gasteiger partial charge in [-0.05, 0) is 23.6 Å². The van der Waals surface area contributed by atoms with Crippen LogP contribution in [0.1, 0.15) is 12.5 Å². The maximum atomic E-state index is 11.4. The van der Waals surface area contributed by atoms with Crippen LogP contribution >= 0.6 is 11.8 Å². The molecule has 1 aromatic carbocycles. The summed E-state index contributed by atoms with van der Waals surface area (Å²) in [5, 5.41) is 11.4. The zero-order valence-corrected chi connectivity index (χ0v) is 11.7. The second-order valence-electron chi connectivity index (χ2n) is 2.30. The van der Waals surface area contributed by atoms with E-state index in [-0.39, 0.29) is 57.1 Å². The molecule has 60 valence electrons. The van der Waals surface area contributed by atoms with E-state index in [1.54, 1.807) is 0 Å². The second-order valence-corrected chi connectivity index (χ2v) is 3.15. The zero-order chi connectivity index (χ0) is 8.27. The van der Waals surface area contributed by atoms with E-state index in [4.69, 9.17) is 0 Å². The molecule has 1 rings (SSSR count). The van der Waals surface area contributed by atoms with Gasteiger partial charge in [-0.15, -0.1) is 11.8 Å². The number of hydrogen-bond acceptors (Lipinski definition) is 2. The third-order valence-corrected chi connectivity index (χ3v) is 2.42. The molecule has 0 aliphatic rings. The van der Waals surface area contributed by atoms with E-state index in [0.717, 1.165) is 16.9 Å². The van der Waals surface area contributed by atoms with Crippen LogP contribution in [0.5, 0.6) is 5.75 Å². The quantitative estimate of drug-likeness (QED) is 0.460. The summed E-state index contributed by atoms with van der Waals surface area (Å²) in [6.45, 7) is 2.00. The predicted octanol–water partition coefficient (Wildman–Crippen LogP) is -0.951. The van der Waals surface area contributed by atoms with Gasteiger partial charge in [-0.1, -0.05) is 30.4 Å². The molecule has 0 bridgehead atoms. The van der Waals surface area contributed by atoms with Gasteiger partial charge in [0.2, 0.25) is 0 Å². The fourth-order valence-electron chi connectivity index (χ4n) is 1.00. The summed E-state index contributed by atoms with van der Waals surface area (Å²) in [4.78, 5) is 0.851. The van der Waals surface area contributed by atoms with Crippen molar-refractivity contribution in [2.24, 2.45) is 0 Å². The van der Waals surface area contributed by atoms with Crippen molar-refractivity contribution in [1.82, 2.24) is 0 Å². The summed E-state index contributed by atoms with van der Waals surface area (Å²) in [5.41, 5.74) is 0.914. The van der Waals surface area contributed by atoms with E-state index < -0.39 is 0 Å². The van der Waals surface area contributed by atoms with Crippen molar-refractivity contribution in [3.05, 3.63) is 23.8 Å². The van der Waals surface area contributed by atoms with E-state index in [9.17, 15) is 5.11 Å². The van der Waals surface area contributed by atoms with Gasteiger partial charge in [-0.25, -0.2) is 0 Å². The minimum absolute atomic E-state index is 0. The van der Waals surface area contributed by atoms with Crippen LogP contribution in [0.15, 0.2) is 23.1 Å². The van der Waals surface area contributed by atoms with Crippen LogP contribution in [0.3, 0.4) is 0 Å². The molecule has 3 heteroatoms. The first-order chi connectivity index (χ1) is 5.29. The van der Waals surface area contributed by atoms with Crippen LogP contribution in [0.25, 0.3) is 0 Å². The van der Waals surface area contributed by atoms with E-state index in [1.165, 1.54) is 11.8 Å². The second kappa shape index (κ2) is 6.46. The number of aryl methyl sites for hydroxylation is 1. The Balaban J connectivity index is 0.00000121. The van der Waals surface area contributed by atoms with Gasteiger partial charge in [0.05, 0.1) is 0 Å². The molecule has 0 spiro atoms. The van der Waals surface area contributed by atoms with E-state index >= 15 is 0 Å². The molecule has 0 unspecified atom stereocenters. The Morgan fingerprint density at radius 3 is 2.58 bits per heavy atom. The van der Waals surface area contributed by atoms with Crippen molar-refractivity contribution in [3.8, 4) is 5.75 Å². The fourth-order valence-corrected chi connectivity index (χ4v) is 1.53. The van der Waals surface area contributed by atoms with Crippen LogP contribution in [0, 0.1) is 0 Å². The third kappa shape index (κ3) is 3.05. The SMILES string of the molecule is CCc1cccc(SC)c1[O-].[K+]. The Morgan fingerprint density at radius 2 is 2.08 bits per heavy atom. The summed E-state index contributed by atoms with van der Waals surface area (Å²) < 4.78 is 0. The minimum atomic E-state index is 0. The standard InChI is InChI=1S/C9H12OS.K/c1-3-7-5-4-6-8(11-2)9(7)10;/h4-6,10H,3H2,1-2H3;/q;+1/p-1. The van der Waals surface area contributed by atoms with Crippen LogP contribution in [0.4, 0.5) is 0 Å². The molecule has 0 atom stereocenters. The molecule has 0 aliphatic heterocycles. The van der Waals surface area contributed by atoms with Crippen molar-refractivity contribution in [1.29, 1.82) is 0 Å². The van der Waals surface area contributed by atoms with Gasteiger partial charge in [0.25, 0.3) is 0 Å². The largest absolute Gasteiger partial charge is 1.00 e. The van der Waals surface area contributed by atoms with Crippen LogP contribution < -0.4 is 56.5 Å². The van der Waals surface area contributed by atoms with Crippen molar-refractivity contribution < 1.29 is 56.5 Å². The molecule has 0 aromatic heterocycles. The Hall–Kier alpha value is 1.01. The first-order valence-corrected chi connectivity index (χ1v) is 4.85. The molecule has 0 saturated heterocycles. The topological polar surface area (TPSA) is 23.1 Å². The molecule has 0 heterocycles. The summed E-state index contributed by atoms with van der Waals surface area (Å²) in [7, 11) is 0. The number of rotatable bonds is 2.